The predicted octanol–water partition coefficient (Wildman–Crippen LogP) is 5.51. The van der Waals surface area contributed by atoms with Gasteiger partial charge in [-0.05, 0) is 97.7 Å². The minimum atomic E-state index is -0.656. The Labute approximate surface area is 165 Å². The van der Waals surface area contributed by atoms with Crippen LogP contribution in [0.15, 0.2) is 0 Å². The fourth-order valence-corrected chi connectivity index (χ4v) is 8.88. The van der Waals surface area contributed by atoms with Crippen LogP contribution in [0.4, 0.5) is 0 Å². The summed E-state index contributed by atoms with van der Waals surface area (Å²) in [5.41, 5.74) is 0.714. The second-order valence-corrected chi connectivity index (χ2v) is 11.2. The smallest absolute Gasteiger partial charge is 0.303 e. The molecule has 1 unspecified atom stereocenters. The first-order chi connectivity index (χ1) is 12.8. The van der Waals surface area contributed by atoms with Crippen molar-refractivity contribution in [3.05, 3.63) is 0 Å². The summed E-state index contributed by atoms with van der Waals surface area (Å²) in [4.78, 5) is 11.0. The predicted molar refractivity (Wildman–Crippen MR) is 107 cm³/mol. The van der Waals surface area contributed by atoms with Gasteiger partial charge < -0.3 is 10.2 Å². The summed E-state index contributed by atoms with van der Waals surface area (Å²) in [6.45, 7) is 7.33. The Kier molecular flexibility index (Phi) is 5.15. The van der Waals surface area contributed by atoms with Gasteiger partial charge in [0, 0.05) is 6.42 Å². The standard InChI is InChI=1S/C24H40O3/c1-15(7-10-22(26)27)17-8-9-18-16-14-21(25)20-6-4-5-12-23(20,2)19(16)11-13-24(17,18)3/h15-21,25H,4-14H2,1-3H3,(H,26,27)/t15-,16+,17-,18+,19+,20?,21-,23-,24-/m1/s1. The molecule has 0 aromatic heterocycles. The minimum absolute atomic E-state index is 0.0950. The third-order valence-electron chi connectivity index (χ3n) is 10.2. The van der Waals surface area contributed by atoms with Crippen LogP contribution in [0.25, 0.3) is 0 Å². The maximum absolute atomic E-state index is 11.1. The van der Waals surface area contributed by atoms with Gasteiger partial charge in [-0.1, -0.05) is 33.6 Å². The number of carboxylic acids is 1. The van der Waals surface area contributed by atoms with Crippen LogP contribution in [0.3, 0.4) is 0 Å². The van der Waals surface area contributed by atoms with Gasteiger partial charge in [-0.15, -0.1) is 0 Å². The SMILES string of the molecule is C[C@H](CCC(=O)O)[C@H]1CC[C@H]2[C@@H]3C[C@@H](O)C4CCCC[C@]4(C)[C@H]3CC[C@]12C. The quantitative estimate of drug-likeness (QED) is 0.680. The molecule has 0 aliphatic heterocycles. The molecule has 9 atom stereocenters. The highest BCUT2D eigenvalue weighted by Crippen LogP contribution is 2.68. The van der Waals surface area contributed by atoms with E-state index in [0.717, 1.165) is 24.7 Å². The third-order valence-corrected chi connectivity index (χ3v) is 10.2. The number of aliphatic hydroxyl groups is 1. The molecule has 0 aromatic rings. The van der Waals surface area contributed by atoms with Crippen molar-refractivity contribution in [2.24, 2.45) is 46.3 Å². The van der Waals surface area contributed by atoms with Crippen molar-refractivity contribution in [1.82, 2.24) is 0 Å². The molecule has 0 bridgehead atoms. The van der Waals surface area contributed by atoms with E-state index in [1.54, 1.807) is 0 Å². The molecule has 0 radical (unpaired) electrons. The molecule has 3 nitrogen and oxygen atoms in total. The van der Waals surface area contributed by atoms with E-state index in [9.17, 15) is 9.90 Å². The van der Waals surface area contributed by atoms with Crippen LogP contribution in [0.2, 0.25) is 0 Å². The molecule has 4 saturated carbocycles. The molecule has 154 valence electrons. The zero-order chi connectivity index (χ0) is 19.4. The molecule has 27 heavy (non-hydrogen) atoms. The van der Waals surface area contributed by atoms with Crippen molar-refractivity contribution in [3.63, 3.8) is 0 Å². The lowest BCUT2D eigenvalue weighted by Crippen LogP contribution is -2.57. The Morgan fingerprint density at radius 2 is 1.74 bits per heavy atom. The fourth-order valence-electron chi connectivity index (χ4n) is 8.88. The van der Waals surface area contributed by atoms with Gasteiger partial charge in [0.15, 0.2) is 0 Å². The molecule has 4 aliphatic rings. The highest BCUT2D eigenvalue weighted by atomic mass is 16.4. The van der Waals surface area contributed by atoms with Gasteiger partial charge in [0.2, 0.25) is 0 Å². The molecule has 0 amide bonds. The number of rotatable bonds is 4. The average molecular weight is 377 g/mol. The Hall–Kier alpha value is -0.570. The zero-order valence-electron chi connectivity index (χ0n) is 17.6. The van der Waals surface area contributed by atoms with Crippen LogP contribution in [-0.4, -0.2) is 22.3 Å². The molecule has 0 spiro atoms. The van der Waals surface area contributed by atoms with E-state index in [-0.39, 0.29) is 6.10 Å². The van der Waals surface area contributed by atoms with Gasteiger partial charge >= 0.3 is 5.97 Å². The lowest BCUT2D eigenvalue weighted by atomic mass is 9.44. The lowest BCUT2D eigenvalue weighted by molar-refractivity contribution is -0.159. The number of hydrogen-bond donors (Lipinski definition) is 2. The third kappa shape index (κ3) is 3.07. The van der Waals surface area contributed by atoms with Gasteiger partial charge in [-0.25, -0.2) is 0 Å². The summed E-state index contributed by atoms with van der Waals surface area (Å²) in [7, 11) is 0. The minimum Gasteiger partial charge on any atom is -0.481 e. The number of aliphatic carboxylic acids is 1. The van der Waals surface area contributed by atoms with Crippen molar-refractivity contribution in [3.8, 4) is 0 Å². The van der Waals surface area contributed by atoms with Crippen molar-refractivity contribution in [2.75, 3.05) is 0 Å². The first-order valence-electron chi connectivity index (χ1n) is 11.7. The summed E-state index contributed by atoms with van der Waals surface area (Å²) >= 11 is 0. The normalized spacial score (nSPS) is 50.4. The summed E-state index contributed by atoms with van der Waals surface area (Å²) in [5, 5.41) is 20.2. The lowest BCUT2D eigenvalue weighted by Gasteiger charge is -2.62. The van der Waals surface area contributed by atoms with Crippen LogP contribution >= 0.6 is 0 Å². The molecule has 4 aliphatic carbocycles. The van der Waals surface area contributed by atoms with Crippen molar-refractivity contribution >= 4 is 5.97 Å². The molecule has 4 rings (SSSR count). The van der Waals surface area contributed by atoms with Crippen LogP contribution in [0.5, 0.6) is 0 Å². The highest BCUT2D eigenvalue weighted by Gasteiger charge is 2.61. The Morgan fingerprint density at radius 1 is 1.00 bits per heavy atom. The van der Waals surface area contributed by atoms with Crippen LogP contribution < -0.4 is 0 Å². The van der Waals surface area contributed by atoms with E-state index in [1.807, 2.05) is 0 Å². The van der Waals surface area contributed by atoms with Crippen molar-refractivity contribution < 1.29 is 15.0 Å². The highest BCUT2D eigenvalue weighted by molar-refractivity contribution is 5.66. The van der Waals surface area contributed by atoms with Crippen molar-refractivity contribution in [2.45, 2.75) is 97.5 Å². The van der Waals surface area contributed by atoms with E-state index in [1.165, 1.54) is 51.4 Å². The molecule has 0 saturated heterocycles. The Balaban J connectivity index is 1.55. The van der Waals surface area contributed by atoms with E-state index in [4.69, 9.17) is 5.11 Å². The van der Waals surface area contributed by atoms with Crippen LogP contribution in [0, 0.1) is 46.3 Å². The average Bonchev–Trinajstić information content (AvgIpc) is 2.97. The molecular weight excluding hydrogens is 336 g/mol. The van der Waals surface area contributed by atoms with E-state index < -0.39 is 5.97 Å². The molecule has 0 heterocycles. The number of carboxylic acid groups (broad SMARTS) is 1. The molecule has 3 heteroatoms. The molecule has 4 fully saturated rings. The Bertz CT molecular complexity index is 574. The summed E-state index contributed by atoms with van der Waals surface area (Å²) in [5.74, 6) is 3.27. The maximum Gasteiger partial charge on any atom is 0.303 e. The number of hydrogen-bond acceptors (Lipinski definition) is 2. The van der Waals surface area contributed by atoms with E-state index in [0.29, 0.717) is 40.9 Å². The Morgan fingerprint density at radius 3 is 2.48 bits per heavy atom. The summed E-state index contributed by atoms with van der Waals surface area (Å²) in [6.07, 6.45) is 12.5. The first kappa shape index (κ1) is 19.7. The fraction of sp³-hybridized carbons (Fsp3) is 0.958. The molecule has 0 aromatic carbocycles. The first-order valence-corrected chi connectivity index (χ1v) is 11.7. The summed E-state index contributed by atoms with van der Waals surface area (Å²) < 4.78 is 0. The van der Waals surface area contributed by atoms with Crippen molar-refractivity contribution in [1.29, 1.82) is 0 Å². The number of carbonyl (C=O) groups is 1. The maximum atomic E-state index is 11.1. The topological polar surface area (TPSA) is 57.5 Å². The van der Waals surface area contributed by atoms with Gasteiger partial charge in [0.25, 0.3) is 0 Å². The van der Waals surface area contributed by atoms with E-state index >= 15 is 0 Å². The second kappa shape index (κ2) is 7.04. The van der Waals surface area contributed by atoms with Gasteiger partial charge in [-0.3, -0.25) is 4.79 Å². The van der Waals surface area contributed by atoms with Gasteiger partial charge in [0.05, 0.1) is 6.10 Å². The molecule has 2 N–H and O–H groups in total. The summed E-state index contributed by atoms with van der Waals surface area (Å²) in [6, 6.07) is 0. The van der Waals surface area contributed by atoms with Gasteiger partial charge in [0.1, 0.15) is 0 Å². The second-order valence-electron chi connectivity index (χ2n) is 11.2. The van der Waals surface area contributed by atoms with E-state index in [2.05, 4.69) is 20.8 Å². The van der Waals surface area contributed by atoms with Crippen LogP contribution in [0.1, 0.15) is 91.4 Å². The zero-order valence-corrected chi connectivity index (χ0v) is 17.6. The van der Waals surface area contributed by atoms with Gasteiger partial charge in [-0.2, -0.15) is 0 Å². The monoisotopic (exact) mass is 376 g/mol. The number of aliphatic hydroxyl groups excluding tert-OH is 1. The largest absolute Gasteiger partial charge is 0.481 e. The molecular formula is C24H40O3. The van der Waals surface area contributed by atoms with Crippen LogP contribution in [-0.2, 0) is 4.79 Å². The number of fused-ring (bicyclic) bond motifs is 5.